The van der Waals surface area contributed by atoms with Gasteiger partial charge in [0.2, 0.25) is 10.0 Å². The van der Waals surface area contributed by atoms with Crippen molar-refractivity contribution in [1.82, 2.24) is 18.0 Å². The predicted octanol–water partition coefficient (Wildman–Crippen LogP) is 1.55. The number of nitrogens with zero attached hydrogens (tertiary/aromatic N) is 4. The first-order valence-electron chi connectivity index (χ1n) is 7.62. The summed E-state index contributed by atoms with van der Waals surface area (Å²) in [6.45, 7) is 2.78. The zero-order chi connectivity index (χ0) is 15.2. The van der Waals surface area contributed by atoms with E-state index in [0.717, 1.165) is 24.8 Å². The van der Waals surface area contributed by atoms with Gasteiger partial charge in [0.1, 0.15) is 15.9 Å². The number of benzene rings is 1. The van der Waals surface area contributed by atoms with Crippen LogP contribution >= 0.6 is 11.7 Å². The standard InChI is InChI=1S/C14H18N4O2S2/c19-22(20,13-6-2-5-12-14(13)16-21-15-12)18-9-7-17(8-10-18)11-3-1-4-11/h2,5-6,11H,1,3-4,7-10H2. The summed E-state index contributed by atoms with van der Waals surface area (Å²) in [6, 6.07) is 5.85. The van der Waals surface area contributed by atoms with Crippen LogP contribution in [0.1, 0.15) is 19.3 Å². The minimum atomic E-state index is -3.49. The summed E-state index contributed by atoms with van der Waals surface area (Å²) in [5.74, 6) is 0. The first-order chi connectivity index (χ1) is 10.7. The third-order valence-corrected chi connectivity index (χ3v) is 7.20. The van der Waals surface area contributed by atoms with Crippen molar-refractivity contribution in [1.29, 1.82) is 0 Å². The van der Waals surface area contributed by atoms with Crippen LogP contribution in [0.5, 0.6) is 0 Å². The van der Waals surface area contributed by atoms with Gasteiger partial charge in [-0.2, -0.15) is 13.1 Å². The van der Waals surface area contributed by atoms with Crippen LogP contribution in [0.25, 0.3) is 11.0 Å². The quantitative estimate of drug-likeness (QED) is 0.849. The largest absolute Gasteiger partial charge is 0.298 e. The molecule has 0 atom stereocenters. The summed E-state index contributed by atoms with van der Waals surface area (Å²) >= 11 is 1.05. The molecule has 0 spiro atoms. The molecule has 6 nitrogen and oxygen atoms in total. The molecule has 4 rings (SSSR count). The lowest BCUT2D eigenvalue weighted by Gasteiger charge is -2.42. The molecule has 2 aromatic rings. The Bertz CT molecular complexity index is 777. The summed E-state index contributed by atoms with van der Waals surface area (Å²) in [6.07, 6.45) is 3.83. The zero-order valence-electron chi connectivity index (χ0n) is 12.2. The molecule has 1 saturated heterocycles. The number of piperazine rings is 1. The number of hydrogen-bond acceptors (Lipinski definition) is 6. The van der Waals surface area contributed by atoms with Crippen LogP contribution in [0.15, 0.2) is 23.1 Å². The van der Waals surface area contributed by atoms with E-state index in [-0.39, 0.29) is 4.90 Å². The molecule has 2 heterocycles. The molecule has 0 bridgehead atoms. The predicted molar refractivity (Wildman–Crippen MR) is 85.4 cm³/mol. The summed E-state index contributed by atoms with van der Waals surface area (Å²) < 4.78 is 35.7. The van der Waals surface area contributed by atoms with E-state index in [0.29, 0.717) is 30.2 Å². The molecule has 2 fully saturated rings. The molecule has 0 unspecified atom stereocenters. The molecule has 1 aromatic carbocycles. The number of hydrogen-bond donors (Lipinski definition) is 0. The SMILES string of the molecule is O=S(=O)(c1cccc2nsnc12)N1CCN(C2CCC2)CC1. The Hall–Kier alpha value is -1.09. The van der Waals surface area contributed by atoms with Crippen LogP contribution in [0.4, 0.5) is 0 Å². The van der Waals surface area contributed by atoms with E-state index in [2.05, 4.69) is 13.6 Å². The Morgan fingerprint density at radius 1 is 1.09 bits per heavy atom. The number of rotatable bonds is 3. The van der Waals surface area contributed by atoms with Crippen molar-refractivity contribution >= 4 is 32.8 Å². The van der Waals surface area contributed by atoms with E-state index in [1.54, 1.807) is 22.5 Å². The van der Waals surface area contributed by atoms with E-state index >= 15 is 0 Å². The van der Waals surface area contributed by atoms with Gasteiger partial charge < -0.3 is 0 Å². The summed E-state index contributed by atoms with van der Waals surface area (Å²) in [5, 5.41) is 0. The number of sulfonamides is 1. The van der Waals surface area contributed by atoms with Crippen LogP contribution in [0, 0.1) is 0 Å². The van der Waals surface area contributed by atoms with E-state index < -0.39 is 10.0 Å². The van der Waals surface area contributed by atoms with Crippen molar-refractivity contribution in [3.05, 3.63) is 18.2 Å². The highest BCUT2D eigenvalue weighted by molar-refractivity contribution is 7.89. The van der Waals surface area contributed by atoms with E-state index in [1.165, 1.54) is 19.3 Å². The fourth-order valence-corrected chi connectivity index (χ4v) is 5.36. The number of aromatic nitrogens is 2. The molecular formula is C14H18N4O2S2. The maximum absolute atomic E-state index is 12.9. The molecular weight excluding hydrogens is 320 g/mol. The zero-order valence-corrected chi connectivity index (χ0v) is 13.8. The minimum absolute atomic E-state index is 0.288. The van der Waals surface area contributed by atoms with Gasteiger partial charge in [0, 0.05) is 32.2 Å². The second-order valence-electron chi connectivity index (χ2n) is 5.91. The Kier molecular flexibility index (Phi) is 3.64. The van der Waals surface area contributed by atoms with Crippen LogP contribution in [-0.2, 0) is 10.0 Å². The second kappa shape index (κ2) is 5.52. The van der Waals surface area contributed by atoms with E-state index in [1.807, 2.05) is 0 Å². The molecule has 0 N–H and O–H groups in total. The molecule has 1 aliphatic carbocycles. The maximum Gasteiger partial charge on any atom is 0.245 e. The Morgan fingerprint density at radius 3 is 2.55 bits per heavy atom. The van der Waals surface area contributed by atoms with Crippen LogP contribution in [-0.4, -0.2) is 58.6 Å². The Balaban J connectivity index is 1.57. The van der Waals surface area contributed by atoms with Crippen molar-refractivity contribution < 1.29 is 8.42 Å². The molecule has 0 radical (unpaired) electrons. The van der Waals surface area contributed by atoms with Gasteiger partial charge >= 0.3 is 0 Å². The van der Waals surface area contributed by atoms with Gasteiger partial charge in [-0.3, -0.25) is 4.90 Å². The molecule has 22 heavy (non-hydrogen) atoms. The molecule has 118 valence electrons. The minimum Gasteiger partial charge on any atom is -0.298 e. The van der Waals surface area contributed by atoms with Crippen molar-refractivity contribution in [2.45, 2.75) is 30.2 Å². The number of fused-ring (bicyclic) bond motifs is 1. The van der Waals surface area contributed by atoms with E-state index in [4.69, 9.17) is 0 Å². The van der Waals surface area contributed by atoms with E-state index in [9.17, 15) is 8.42 Å². The normalized spacial score (nSPS) is 22.0. The lowest BCUT2D eigenvalue weighted by Crippen LogP contribution is -2.53. The van der Waals surface area contributed by atoms with Crippen molar-refractivity contribution in [2.75, 3.05) is 26.2 Å². The van der Waals surface area contributed by atoms with Crippen molar-refractivity contribution in [3.63, 3.8) is 0 Å². The lowest BCUT2D eigenvalue weighted by molar-refractivity contribution is 0.0889. The molecule has 1 saturated carbocycles. The monoisotopic (exact) mass is 338 g/mol. The van der Waals surface area contributed by atoms with Gasteiger partial charge in [0.25, 0.3) is 0 Å². The highest BCUT2D eigenvalue weighted by atomic mass is 32.2. The first kappa shape index (κ1) is 14.5. The molecule has 0 amide bonds. The third-order valence-electron chi connectivity index (χ3n) is 4.73. The maximum atomic E-state index is 12.9. The molecule has 8 heteroatoms. The van der Waals surface area contributed by atoms with Crippen LogP contribution in [0.3, 0.4) is 0 Å². The topological polar surface area (TPSA) is 66.4 Å². The van der Waals surface area contributed by atoms with Gasteiger partial charge in [-0.1, -0.05) is 12.5 Å². The van der Waals surface area contributed by atoms with Gasteiger partial charge in [-0.15, -0.1) is 0 Å². The fraction of sp³-hybridized carbons (Fsp3) is 0.571. The molecule has 2 aliphatic rings. The highest BCUT2D eigenvalue weighted by Gasteiger charge is 2.33. The van der Waals surface area contributed by atoms with Gasteiger partial charge in [0.05, 0.1) is 11.7 Å². The first-order valence-corrected chi connectivity index (χ1v) is 9.79. The summed E-state index contributed by atoms with van der Waals surface area (Å²) in [7, 11) is -3.49. The van der Waals surface area contributed by atoms with Crippen molar-refractivity contribution in [2.24, 2.45) is 0 Å². The van der Waals surface area contributed by atoms with Crippen LogP contribution in [0.2, 0.25) is 0 Å². The molecule has 1 aromatic heterocycles. The Morgan fingerprint density at radius 2 is 1.86 bits per heavy atom. The average Bonchev–Trinajstić information content (AvgIpc) is 2.94. The van der Waals surface area contributed by atoms with Crippen LogP contribution < -0.4 is 0 Å². The summed E-state index contributed by atoms with van der Waals surface area (Å²) in [5.41, 5.74) is 1.15. The van der Waals surface area contributed by atoms with Gasteiger partial charge in [0.15, 0.2) is 0 Å². The average molecular weight is 338 g/mol. The lowest BCUT2D eigenvalue weighted by atomic mass is 9.91. The highest BCUT2D eigenvalue weighted by Crippen LogP contribution is 2.28. The van der Waals surface area contributed by atoms with Crippen molar-refractivity contribution in [3.8, 4) is 0 Å². The fourth-order valence-electron chi connectivity index (χ4n) is 3.19. The van der Waals surface area contributed by atoms with Gasteiger partial charge in [-0.25, -0.2) is 8.42 Å². The Labute approximate surface area is 134 Å². The summed E-state index contributed by atoms with van der Waals surface area (Å²) in [4.78, 5) is 2.72. The van der Waals surface area contributed by atoms with Gasteiger partial charge in [-0.05, 0) is 25.0 Å². The second-order valence-corrected chi connectivity index (χ2v) is 8.35. The molecule has 1 aliphatic heterocycles. The smallest absolute Gasteiger partial charge is 0.245 e. The third kappa shape index (κ3) is 2.34.